The van der Waals surface area contributed by atoms with E-state index in [1.54, 1.807) is 7.11 Å². The molecule has 0 saturated heterocycles. The molecule has 0 fully saturated rings. The van der Waals surface area contributed by atoms with Crippen molar-refractivity contribution in [3.63, 3.8) is 0 Å². The first-order chi connectivity index (χ1) is 6.88. The molecular formula is C12H28N2O. The molecule has 3 heteroatoms. The smallest absolute Gasteiger partial charge is 0.0477 e. The standard InChI is InChI=1S/C12H28N2O/c1-10(12(2,3)4)8-14-9-11(13)6-7-15-5/h10-11,14H,6-9,13H2,1-5H3. The van der Waals surface area contributed by atoms with Crippen molar-refractivity contribution >= 4 is 0 Å². The zero-order valence-corrected chi connectivity index (χ0v) is 11.0. The van der Waals surface area contributed by atoms with Crippen molar-refractivity contribution in [2.24, 2.45) is 17.1 Å². The molecule has 0 aliphatic carbocycles. The van der Waals surface area contributed by atoms with E-state index in [4.69, 9.17) is 10.5 Å². The first kappa shape index (κ1) is 14.9. The zero-order valence-electron chi connectivity index (χ0n) is 11.0. The third kappa shape index (κ3) is 7.77. The summed E-state index contributed by atoms with van der Waals surface area (Å²) in [6, 6.07) is 0.206. The highest BCUT2D eigenvalue weighted by Crippen LogP contribution is 2.24. The van der Waals surface area contributed by atoms with Crippen LogP contribution in [0.1, 0.15) is 34.1 Å². The largest absolute Gasteiger partial charge is 0.385 e. The topological polar surface area (TPSA) is 47.3 Å². The van der Waals surface area contributed by atoms with Gasteiger partial charge in [-0.05, 0) is 24.3 Å². The molecule has 0 aromatic rings. The lowest BCUT2D eigenvalue weighted by molar-refractivity contribution is 0.186. The van der Waals surface area contributed by atoms with Gasteiger partial charge >= 0.3 is 0 Å². The summed E-state index contributed by atoms with van der Waals surface area (Å²) >= 11 is 0. The lowest BCUT2D eigenvalue weighted by Gasteiger charge is -2.28. The van der Waals surface area contributed by atoms with E-state index in [1.807, 2.05) is 0 Å². The molecule has 0 radical (unpaired) electrons. The van der Waals surface area contributed by atoms with Crippen molar-refractivity contribution in [2.45, 2.75) is 40.2 Å². The van der Waals surface area contributed by atoms with E-state index >= 15 is 0 Å². The van der Waals surface area contributed by atoms with Crippen LogP contribution in [0.3, 0.4) is 0 Å². The Morgan fingerprint density at radius 1 is 1.27 bits per heavy atom. The monoisotopic (exact) mass is 216 g/mol. The number of ether oxygens (including phenoxy) is 1. The van der Waals surface area contributed by atoms with Gasteiger partial charge in [-0.3, -0.25) is 0 Å². The third-order valence-electron chi connectivity index (χ3n) is 3.03. The molecule has 0 amide bonds. The van der Waals surface area contributed by atoms with Gasteiger partial charge in [0.05, 0.1) is 0 Å². The van der Waals surface area contributed by atoms with Crippen LogP contribution in [0.25, 0.3) is 0 Å². The first-order valence-electron chi connectivity index (χ1n) is 5.83. The SMILES string of the molecule is COCCC(N)CNCC(C)C(C)(C)C. The first-order valence-corrected chi connectivity index (χ1v) is 5.83. The number of rotatable bonds is 7. The maximum absolute atomic E-state index is 5.91. The molecule has 0 aliphatic rings. The van der Waals surface area contributed by atoms with Gasteiger partial charge in [0.15, 0.2) is 0 Å². The minimum absolute atomic E-state index is 0.206. The van der Waals surface area contributed by atoms with E-state index in [0.717, 1.165) is 26.1 Å². The molecule has 0 heterocycles. The fourth-order valence-corrected chi connectivity index (χ4v) is 1.16. The molecular weight excluding hydrogens is 188 g/mol. The van der Waals surface area contributed by atoms with Gasteiger partial charge < -0.3 is 15.8 Å². The summed E-state index contributed by atoms with van der Waals surface area (Å²) in [5, 5.41) is 3.42. The lowest BCUT2D eigenvalue weighted by Crippen LogP contribution is -2.38. The van der Waals surface area contributed by atoms with Crippen LogP contribution in [0, 0.1) is 11.3 Å². The average molecular weight is 216 g/mol. The summed E-state index contributed by atoms with van der Waals surface area (Å²) in [4.78, 5) is 0. The molecule has 3 nitrogen and oxygen atoms in total. The summed E-state index contributed by atoms with van der Waals surface area (Å²) in [5.74, 6) is 0.659. The van der Waals surface area contributed by atoms with Crippen LogP contribution in [0.15, 0.2) is 0 Å². The van der Waals surface area contributed by atoms with Gasteiger partial charge in [-0.25, -0.2) is 0 Å². The summed E-state index contributed by atoms with van der Waals surface area (Å²) in [7, 11) is 1.71. The van der Waals surface area contributed by atoms with E-state index in [2.05, 4.69) is 33.0 Å². The molecule has 92 valence electrons. The van der Waals surface area contributed by atoms with Gasteiger partial charge in [-0.15, -0.1) is 0 Å². The fourth-order valence-electron chi connectivity index (χ4n) is 1.16. The van der Waals surface area contributed by atoms with Crippen LogP contribution in [-0.2, 0) is 4.74 Å². The van der Waals surface area contributed by atoms with E-state index < -0.39 is 0 Å². The average Bonchev–Trinajstić information content (AvgIpc) is 2.13. The lowest BCUT2D eigenvalue weighted by atomic mass is 9.82. The Balaban J connectivity index is 3.52. The van der Waals surface area contributed by atoms with Crippen LogP contribution in [0.4, 0.5) is 0 Å². The molecule has 0 rings (SSSR count). The van der Waals surface area contributed by atoms with Crippen LogP contribution in [0.5, 0.6) is 0 Å². The molecule has 0 aliphatic heterocycles. The molecule has 2 atom stereocenters. The van der Waals surface area contributed by atoms with Crippen molar-refractivity contribution in [3.8, 4) is 0 Å². The second-order valence-electron chi connectivity index (χ2n) is 5.47. The Morgan fingerprint density at radius 3 is 2.33 bits per heavy atom. The highest BCUT2D eigenvalue weighted by Gasteiger charge is 2.19. The molecule has 0 aromatic carbocycles. The van der Waals surface area contributed by atoms with Gasteiger partial charge in [-0.1, -0.05) is 27.7 Å². The van der Waals surface area contributed by atoms with Gasteiger partial charge in [0.25, 0.3) is 0 Å². The van der Waals surface area contributed by atoms with Gasteiger partial charge in [0.2, 0.25) is 0 Å². The number of methoxy groups -OCH3 is 1. The highest BCUT2D eigenvalue weighted by molar-refractivity contribution is 4.73. The second kappa shape index (κ2) is 7.20. The third-order valence-corrected chi connectivity index (χ3v) is 3.03. The van der Waals surface area contributed by atoms with Crippen LogP contribution in [0.2, 0.25) is 0 Å². The minimum Gasteiger partial charge on any atom is -0.385 e. The predicted molar refractivity (Wildman–Crippen MR) is 66.0 cm³/mol. The molecule has 2 unspecified atom stereocenters. The molecule has 0 aromatic heterocycles. The van der Waals surface area contributed by atoms with Crippen molar-refractivity contribution in [2.75, 3.05) is 26.8 Å². The fraction of sp³-hybridized carbons (Fsp3) is 1.00. The summed E-state index contributed by atoms with van der Waals surface area (Å²) < 4.78 is 4.99. The van der Waals surface area contributed by atoms with E-state index in [9.17, 15) is 0 Å². The quantitative estimate of drug-likeness (QED) is 0.680. The maximum Gasteiger partial charge on any atom is 0.0477 e. The normalized spacial score (nSPS) is 16.4. The highest BCUT2D eigenvalue weighted by atomic mass is 16.5. The maximum atomic E-state index is 5.91. The van der Waals surface area contributed by atoms with Gasteiger partial charge in [-0.2, -0.15) is 0 Å². The van der Waals surface area contributed by atoms with Crippen LogP contribution < -0.4 is 11.1 Å². The Morgan fingerprint density at radius 2 is 1.87 bits per heavy atom. The molecule has 0 bridgehead atoms. The number of nitrogens with one attached hydrogen (secondary N) is 1. The van der Waals surface area contributed by atoms with Gasteiger partial charge in [0, 0.05) is 26.3 Å². The van der Waals surface area contributed by atoms with Crippen molar-refractivity contribution < 1.29 is 4.74 Å². The molecule has 0 spiro atoms. The zero-order chi connectivity index (χ0) is 11.9. The predicted octanol–water partition coefficient (Wildman–Crippen LogP) is 1.62. The summed E-state index contributed by atoms with van der Waals surface area (Å²) in [6.07, 6.45) is 0.924. The Bertz CT molecular complexity index is 154. The van der Waals surface area contributed by atoms with Crippen molar-refractivity contribution in [1.82, 2.24) is 5.32 Å². The van der Waals surface area contributed by atoms with Crippen molar-refractivity contribution in [3.05, 3.63) is 0 Å². The number of nitrogens with two attached hydrogens (primary N) is 1. The van der Waals surface area contributed by atoms with E-state index in [-0.39, 0.29) is 6.04 Å². The van der Waals surface area contributed by atoms with Crippen molar-refractivity contribution in [1.29, 1.82) is 0 Å². The van der Waals surface area contributed by atoms with Gasteiger partial charge in [0.1, 0.15) is 0 Å². The Kier molecular flexibility index (Phi) is 7.14. The summed E-state index contributed by atoms with van der Waals surface area (Å²) in [5.41, 5.74) is 6.28. The Hall–Kier alpha value is -0.120. The molecule has 15 heavy (non-hydrogen) atoms. The van der Waals surface area contributed by atoms with Crippen LogP contribution >= 0.6 is 0 Å². The van der Waals surface area contributed by atoms with E-state index in [1.165, 1.54) is 0 Å². The molecule has 0 saturated carbocycles. The Labute approximate surface area is 94.8 Å². The minimum atomic E-state index is 0.206. The molecule has 3 N–H and O–H groups in total. The van der Waals surface area contributed by atoms with E-state index in [0.29, 0.717) is 11.3 Å². The second-order valence-corrected chi connectivity index (χ2v) is 5.47. The summed E-state index contributed by atoms with van der Waals surface area (Å²) in [6.45, 7) is 11.7. The van der Waals surface area contributed by atoms with Crippen LogP contribution in [-0.4, -0.2) is 32.8 Å². The number of hydrogen-bond donors (Lipinski definition) is 2. The number of hydrogen-bond acceptors (Lipinski definition) is 3.